The molecular formula is C17H18N2O4. The Hall–Kier alpha value is -2.76. The molecule has 0 unspecified atom stereocenters. The Morgan fingerprint density at radius 2 is 1.13 bits per heavy atom. The van der Waals surface area contributed by atoms with Crippen LogP contribution in [0, 0.1) is 0 Å². The number of anilines is 2. The number of rotatable bonds is 4. The first kappa shape index (κ1) is 13.9. The summed E-state index contributed by atoms with van der Waals surface area (Å²) in [6, 6.07) is 11.9. The zero-order valence-corrected chi connectivity index (χ0v) is 13.1. The van der Waals surface area contributed by atoms with E-state index in [-0.39, 0.29) is 0 Å². The Bertz CT molecular complexity index is 673. The summed E-state index contributed by atoms with van der Waals surface area (Å²) in [5, 5.41) is 0. The summed E-state index contributed by atoms with van der Waals surface area (Å²) in [5.41, 5.74) is 2.14. The smallest absolute Gasteiger partial charge is 0.231 e. The second-order valence-electron chi connectivity index (χ2n) is 5.61. The van der Waals surface area contributed by atoms with Crippen molar-refractivity contribution in [3.05, 3.63) is 36.4 Å². The number of fused-ring (bicyclic) bond motifs is 2. The third kappa shape index (κ3) is 2.56. The fraction of sp³-hybridized carbons (Fsp3) is 0.294. The van der Waals surface area contributed by atoms with E-state index in [0.717, 1.165) is 41.0 Å². The van der Waals surface area contributed by atoms with Gasteiger partial charge in [-0.05, 0) is 24.3 Å². The number of hydrogen-bond donors (Lipinski definition) is 0. The van der Waals surface area contributed by atoms with Crippen molar-refractivity contribution in [2.24, 2.45) is 0 Å². The van der Waals surface area contributed by atoms with E-state index in [0.29, 0.717) is 13.6 Å². The van der Waals surface area contributed by atoms with E-state index >= 15 is 0 Å². The maximum atomic E-state index is 5.44. The van der Waals surface area contributed by atoms with Gasteiger partial charge in [-0.1, -0.05) is 0 Å². The molecule has 0 bridgehead atoms. The van der Waals surface area contributed by atoms with E-state index < -0.39 is 0 Å². The number of hydrogen-bond acceptors (Lipinski definition) is 6. The van der Waals surface area contributed by atoms with Gasteiger partial charge < -0.3 is 28.7 Å². The molecule has 2 aliphatic heterocycles. The van der Waals surface area contributed by atoms with Gasteiger partial charge in [-0.2, -0.15) is 0 Å². The fourth-order valence-electron chi connectivity index (χ4n) is 2.73. The third-order valence-electron chi connectivity index (χ3n) is 4.02. The van der Waals surface area contributed by atoms with Crippen LogP contribution in [-0.4, -0.2) is 34.3 Å². The number of benzene rings is 2. The van der Waals surface area contributed by atoms with Crippen LogP contribution in [0.4, 0.5) is 11.4 Å². The monoisotopic (exact) mass is 314 g/mol. The summed E-state index contributed by atoms with van der Waals surface area (Å²) in [6.45, 7) is 1.30. The Morgan fingerprint density at radius 3 is 1.61 bits per heavy atom. The minimum atomic E-state index is 0.291. The molecule has 0 atom stereocenters. The first-order chi connectivity index (χ1) is 11.2. The highest BCUT2D eigenvalue weighted by Crippen LogP contribution is 2.37. The molecule has 6 nitrogen and oxygen atoms in total. The van der Waals surface area contributed by atoms with Crippen molar-refractivity contribution in [2.45, 2.75) is 0 Å². The molecule has 0 aliphatic carbocycles. The van der Waals surface area contributed by atoms with Gasteiger partial charge in [-0.25, -0.2) is 0 Å². The molecule has 2 heterocycles. The predicted molar refractivity (Wildman–Crippen MR) is 86.8 cm³/mol. The topological polar surface area (TPSA) is 43.4 Å². The first-order valence-electron chi connectivity index (χ1n) is 7.42. The molecule has 2 aromatic carbocycles. The van der Waals surface area contributed by atoms with Gasteiger partial charge in [0, 0.05) is 37.6 Å². The van der Waals surface area contributed by atoms with Gasteiger partial charge in [0.15, 0.2) is 23.0 Å². The van der Waals surface area contributed by atoms with Gasteiger partial charge in [-0.3, -0.25) is 0 Å². The molecule has 0 spiro atoms. The molecule has 0 radical (unpaired) electrons. The lowest BCUT2D eigenvalue weighted by Crippen LogP contribution is -2.32. The molecule has 23 heavy (non-hydrogen) atoms. The normalized spacial score (nSPS) is 14.0. The summed E-state index contributed by atoms with van der Waals surface area (Å²) in [6.07, 6.45) is 0. The van der Waals surface area contributed by atoms with Crippen LogP contribution in [0.2, 0.25) is 0 Å². The van der Waals surface area contributed by atoms with E-state index in [1.54, 1.807) is 0 Å². The van der Waals surface area contributed by atoms with E-state index in [4.69, 9.17) is 18.9 Å². The van der Waals surface area contributed by atoms with Gasteiger partial charge >= 0.3 is 0 Å². The van der Waals surface area contributed by atoms with Crippen molar-refractivity contribution < 1.29 is 18.9 Å². The Balaban J connectivity index is 1.48. The molecule has 0 saturated carbocycles. The summed E-state index contributed by atoms with van der Waals surface area (Å²) in [5.74, 6) is 3.18. The molecule has 0 aromatic heterocycles. The van der Waals surface area contributed by atoms with Crippen LogP contribution in [0.5, 0.6) is 23.0 Å². The van der Waals surface area contributed by atoms with Crippen molar-refractivity contribution >= 4 is 11.4 Å². The number of nitrogens with zero attached hydrogens (tertiary/aromatic N) is 2. The lowest BCUT2D eigenvalue weighted by Gasteiger charge is -2.28. The van der Waals surface area contributed by atoms with E-state index in [1.165, 1.54) is 0 Å². The predicted octanol–water partition coefficient (Wildman–Crippen LogP) is 2.67. The average Bonchev–Trinajstić information content (AvgIpc) is 3.21. The summed E-state index contributed by atoms with van der Waals surface area (Å²) >= 11 is 0. The van der Waals surface area contributed by atoms with Crippen LogP contribution in [0.1, 0.15) is 0 Å². The Morgan fingerprint density at radius 1 is 0.696 bits per heavy atom. The van der Waals surface area contributed by atoms with E-state index in [2.05, 4.69) is 9.80 Å². The SMILES string of the molecule is CN(CN(C)c1ccc2c(c1)OCO2)c1ccc2c(c1)OCO2. The maximum Gasteiger partial charge on any atom is 0.231 e. The zero-order chi connectivity index (χ0) is 15.8. The molecule has 0 N–H and O–H groups in total. The highest BCUT2D eigenvalue weighted by atomic mass is 16.7. The largest absolute Gasteiger partial charge is 0.454 e. The summed E-state index contributed by atoms with van der Waals surface area (Å²) in [7, 11) is 4.09. The lowest BCUT2D eigenvalue weighted by atomic mass is 10.2. The second-order valence-corrected chi connectivity index (χ2v) is 5.61. The molecule has 4 rings (SSSR count). The summed E-state index contributed by atoms with van der Waals surface area (Å²) in [4.78, 5) is 4.29. The van der Waals surface area contributed by atoms with Crippen LogP contribution in [0.15, 0.2) is 36.4 Å². The van der Waals surface area contributed by atoms with Gasteiger partial charge in [-0.15, -0.1) is 0 Å². The van der Waals surface area contributed by atoms with Crippen LogP contribution >= 0.6 is 0 Å². The van der Waals surface area contributed by atoms with Crippen LogP contribution in [0.25, 0.3) is 0 Å². The molecule has 0 fully saturated rings. The fourth-order valence-corrected chi connectivity index (χ4v) is 2.73. The molecule has 2 aliphatic rings. The van der Waals surface area contributed by atoms with Crippen molar-refractivity contribution in [2.75, 3.05) is 44.1 Å². The van der Waals surface area contributed by atoms with Gasteiger partial charge in [0.25, 0.3) is 0 Å². The van der Waals surface area contributed by atoms with E-state index in [1.807, 2.05) is 50.5 Å². The molecule has 6 heteroatoms. The zero-order valence-electron chi connectivity index (χ0n) is 13.1. The van der Waals surface area contributed by atoms with Gasteiger partial charge in [0.05, 0.1) is 6.67 Å². The third-order valence-corrected chi connectivity index (χ3v) is 4.02. The molecule has 0 amide bonds. The lowest BCUT2D eigenvalue weighted by molar-refractivity contribution is 0.173. The Kier molecular flexibility index (Phi) is 3.29. The summed E-state index contributed by atoms with van der Waals surface area (Å²) < 4.78 is 21.6. The van der Waals surface area contributed by atoms with Crippen molar-refractivity contribution in [3.63, 3.8) is 0 Å². The molecule has 120 valence electrons. The van der Waals surface area contributed by atoms with Crippen molar-refractivity contribution in [3.8, 4) is 23.0 Å². The van der Waals surface area contributed by atoms with Gasteiger partial charge in [0.2, 0.25) is 13.6 Å². The van der Waals surface area contributed by atoms with Crippen LogP contribution in [0.3, 0.4) is 0 Å². The average molecular weight is 314 g/mol. The van der Waals surface area contributed by atoms with Crippen LogP contribution in [-0.2, 0) is 0 Å². The first-order valence-corrected chi connectivity index (χ1v) is 7.42. The van der Waals surface area contributed by atoms with Crippen molar-refractivity contribution in [1.29, 1.82) is 0 Å². The van der Waals surface area contributed by atoms with Gasteiger partial charge in [0.1, 0.15) is 0 Å². The number of ether oxygens (including phenoxy) is 4. The highest BCUT2D eigenvalue weighted by Gasteiger charge is 2.17. The van der Waals surface area contributed by atoms with Crippen LogP contribution < -0.4 is 28.7 Å². The minimum absolute atomic E-state index is 0.291. The molecule has 0 saturated heterocycles. The quantitative estimate of drug-likeness (QED) is 0.809. The van der Waals surface area contributed by atoms with E-state index in [9.17, 15) is 0 Å². The highest BCUT2D eigenvalue weighted by molar-refractivity contribution is 5.60. The minimum Gasteiger partial charge on any atom is -0.454 e. The maximum absolute atomic E-state index is 5.44. The Labute approximate surface area is 134 Å². The molecular weight excluding hydrogens is 296 g/mol. The standard InChI is InChI=1S/C17H18N2O4/c1-18(12-3-5-14-16(7-12)22-10-20-14)9-19(2)13-4-6-15-17(8-13)23-11-21-15/h3-8H,9-11H2,1-2H3. The second kappa shape index (κ2) is 5.46. The molecule has 2 aromatic rings. The van der Waals surface area contributed by atoms with Crippen molar-refractivity contribution in [1.82, 2.24) is 0 Å².